The fourth-order valence-electron chi connectivity index (χ4n) is 1.72. The number of aliphatic hydroxyl groups excluding tert-OH is 1. The van der Waals surface area contributed by atoms with Gasteiger partial charge in [-0.05, 0) is 30.7 Å². The van der Waals surface area contributed by atoms with E-state index in [-0.39, 0.29) is 11.1 Å². The minimum Gasteiger partial charge on any atom is -0.394 e. The molecule has 17 heavy (non-hydrogen) atoms. The topological polar surface area (TPSA) is 58.0 Å². The Morgan fingerprint density at radius 2 is 2.35 bits per heavy atom. The molecule has 2 heterocycles. The van der Waals surface area contributed by atoms with Crippen LogP contribution in [0.5, 0.6) is 0 Å². The smallest absolute Gasteiger partial charge is 0.224 e. The summed E-state index contributed by atoms with van der Waals surface area (Å²) >= 11 is 7.29. The molecule has 1 aromatic rings. The highest BCUT2D eigenvalue weighted by Gasteiger charge is 2.37. The van der Waals surface area contributed by atoms with E-state index in [0.717, 1.165) is 5.75 Å². The fourth-order valence-corrected chi connectivity index (χ4v) is 2.95. The van der Waals surface area contributed by atoms with Crippen LogP contribution in [-0.4, -0.2) is 33.0 Å². The van der Waals surface area contributed by atoms with Crippen molar-refractivity contribution in [3.63, 3.8) is 0 Å². The Kier molecular flexibility index (Phi) is 1.67. The van der Waals surface area contributed by atoms with Gasteiger partial charge in [0.25, 0.3) is 0 Å². The maximum absolute atomic E-state index is 9.73. The molecule has 0 amide bonds. The third kappa shape index (κ3) is 2.00. The molecule has 1 aliphatic carbocycles. The Balaban J connectivity index is 2.08. The van der Waals surface area contributed by atoms with Gasteiger partial charge in [0, 0.05) is 20.4 Å². The zero-order chi connectivity index (χ0) is 17.3. The van der Waals surface area contributed by atoms with Gasteiger partial charge in [-0.2, -0.15) is 4.98 Å². The number of rotatable bonds is 3. The average molecular weight is 278 g/mol. The van der Waals surface area contributed by atoms with E-state index in [1.54, 1.807) is 0 Å². The number of hydrogen-bond donors (Lipinski definition) is 2. The third-order valence-electron chi connectivity index (χ3n) is 2.61. The number of nitrogens with zero attached hydrogens (tertiary/aromatic N) is 2. The number of aliphatic hydroxyl groups is 1. The largest absolute Gasteiger partial charge is 0.394 e. The van der Waals surface area contributed by atoms with Crippen molar-refractivity contribution in [2.45, 2.75) is 36.0 Å². The normalized spacial score (nSPS) is 34.9. The Hall–Kier alpha value is -0.520. The van der Waals surface area contributed by atoms with Crippen LogP contribution in [0.2, 0.25) is 5.28 Å². The Morgan fingerprint density at radius 1 is 1.53 bits per heavy atom. The van der Waals surface area contributed by atoms with Gasteiger partial charge in [-0.1, -0.05) is 0 Å². The molecule has 4 nitrogen and oxygen atoms in total. The molecule has 92 valence electrons. The van der Waals surface area contributed by atoms with Crippen LogP contribution in [-0.2, 0) is 6.42 Å². The molecule has 0 atom stereocenters. The first-order valence-electron chi connectivity index (χ1n) is 8.10. The van der Waals surface area contributed by atoms with Crippen LogP contribution in [0.4, 0.5) is 5.82 Å². The summed E-state index contributed by atoms with van der Waals surface area (Å²) in [5.74, 6) is 0.867. The van der Waals surface area contributed by atoms with Crippen LogP contribution in [0.1, 0.15) is 33.0 Å². The molecule has 1 saturated carbocycles. The van der Waals surface area contributed by atoms with Gasteiger partial charge < -0.3 is 10.4 Å². The van der Waals surface area contributed by atoms with Gasteiger partial charge >= 0.3 is 0 Å². The van der Waals surface area contributed by atoms with Crippen LogP contribution in [0.15, 0.2) is 4.90 Å². The van der Waals surface area contributed by atoms with E-state index in [9.17, 15) is 5.11 Å². The average Bonchev–Trinajstić information content (AvgIpc) is 2.91. The number of hydrogen-bond acceptors (Lipinski definition) is 5. The lowest BCUT2D eigenvalue weighted by molar-refractivity contribution is 0.143. The summed E-state index contributed by atoms with van der Waals surface area (Å²) < 4.78 is 47.3. The predicted molar refractivity (Wildman–Crippen MR) is 68.8 cm³/mol. The van der Waals surface area contributed by atoms with E-state index in [2.05, 4.69) is 15.3 Å². The molecule has 1 aromatic heterocycles. The summed E-state index contributed by atoms with van der Waals surface area (Å²) in [5.41, 5.74) is -1.49. The summed E-state index contributed by atoms with van der Waals surface area (Å²) in [6.07, 6.45) is -7.40. The summed E-state index contributed by atoms with van der Waals surface area (Å²) in [5, 5.41) is 12.3. The zero-order valence-electron chi connectivity index (χ0n) is 14.7. The molecule has 1 fully saturated rings. The first-order valence-corrected chi connectivity index (χ1v) is 6.46. The minimum absolute atomic E-state index is 0.0645. The second kappa shape index (κ2) is 4.30. The maximum Gasteiger partial charge on any atom is 0.224 e. The minimum atomic E-state index is -2.76. The molecule has 2 aliphatic rings. The lowest BCUT2D eigenvalue weighted by Crippen LogP contribution is -2.48. The number of fused-ring (bicyclic) bond motifs is 1. The Morgan fingerprint density at radius 3 is 3.12 bits per heavy atom. The van der Waals surface area contributed by atoms with Gasteiger partial charge in [-0.15, -0.1) is 11.8 Å². The number of anilines is 1. The van der Waals surface area contributed by atoms with Crippen LogP contribution in [0.25, 0.3) is 0 Å². The van der Waals surface area contributed by atoms with Crippen molar-refractivity contribution in [2.24, 2.45) is 0 Å². The van der Waals surface area contributed by atoms with E-state index >= 15 is 0 Å². The SMILES string of the molecule is [2H]C1([2H])C([2H])([2H])C(CO)(Nc2nc(Cl)nc3c2SCC3)C1([2H])[2H]. The highest BCUT2D eigenvalue weighted by Crippen LogP contribution is 2.40. The number of nitrogens with one attached hydrogen (secondary N) is 1. The van der Waals surface area contributed by atoms with Gasteiger partial charge in [-0.3, -0.25) is 0 Å². The second-order valence-corrected chi connectivity index (χ2v) is 5.22. The standard InChI is InChI=1S/C11H14ClN3OS/c12-10-13-7-2-5-17-8(7)9(14-10)15-11(6-16)3-1-4-11/h16H,1-6H2,(H,13,14,15)/i1D2,3D2,4D2. The number of halogens is 1. The van der Waals surface area contributed by atoms with Crippen molar-refractivity contribution >= 4 is 29.2 Å². The van der Waals surface area contributed by atoms with E-state index in [4.69, 9.17) is 19.8 Å². The molecule has 0 spiro atoms. The van der Waals surface area contributed by atoms with E-state index < -0.39 is 31.3 Å². The fraction of sp³-hybridized carbons (Fsp3) is 0.636. The molecular formula is C11H14ClN3OS. The molecule has 2 N–H and O–H groups in total. The molecule has 0 saturated heterocycles. The van der Waals surface area contributed by atoms with Crippen molar-refractivity contribution in [2.75, 3.05) is 17.7 Å². The summed E-state index contributed by atoms with van der Waals surface area (Å²) in [6.45, 7) is -0.937. The van der Waals surface area contributed by atoms with Crippen molar-refractivity contribution in [3.05, 3.63) is 11.0 Å². The molecule has 3 rings (SSSR count). The first-order chi connectivity index (χ1) is 10.5. The number of aromatic nitrogens is 2. The van der Waals surface area contributed by atoms with Gasteiger partial charge in [0.1, 0.15) is 5.82 Å². The van der Waals surface area contributed by atoms with E-state index in [1.807, 2.05) is 0 Å². The van der Waals surface area contributed by atoms with Crippen molar-refractivity contribution in [1.82, 2.24) is 9.97 Å². The maximum atomic E-state index is 9.73. The van der Waals surface area contributed by atoms with Gasteiger partial charge in [-0.25, -0.2) is 4.98 Å². The Labute approximate surface area is 118 Å². The molecule has 0 radical (unpaired) electrons. The van der Waals surface area contributed by atoms with Gasteiger partial charge in [0.2, 0.25) is 5.28 Å². The molecular weight excluding hydrogens is 258 g/mol. The van der Waals surface area contributed by atoms with Crippen molar-refractivity contribution in [1.29, 1.82) is 0 Å². The predicted octanol–water partition coefficient (Wildman–Crippen LogP) is 2.11. The van der Waals surface area contributed by atoms with E-state index in [0.29, 0.717) is 17.0 Å². The van der Waals surface area contributed by atoms with Crippen molar-refractivity contribution < 1.29 is 13.3 Å². The number of thioether (sulfide) groups is 1. The van der Waals surface area contributed by atoms with E-state index in [1.165, 1.54) is 11.8 Å². The molecule has 0 unspecified atom stereocenters. The highest BCUT2D eigenvalue weighted by molar-refractivity contribution is 7.99. The van der Waals surface area contributed by atoms with Crippen LogP contribution < -0.4 is 5.32 Å². The van der Waals surface area contributed by atoms with Gasteiger partial charge in [0.05, 0.1) is 22.7 Å². The van der Waals surface area contributed by atoms with Crippen LogP contribution in [0.3, 0.4) is 0 Å². The summed E-state index contributed by atoms with van der Waals surface area (Å²) in [7, 11) is 0. The molecule has 0 aromatic carbocycles. The summed E-state index contributed by atoms with van der Waals surface area (Å²) in [6, 6.07) is 0. The lowest BCUT2D eigenvalue weighted by atomic mass is 9.77. The lowest BCUT2D eigenvalue weighted by Gasteiger charge is -2.41. The summed E-state index contributed by atoms with van der Waals surface area (Å²) in [4.78, 5) is 8.70. The first kappa shape index (κ1) is 6.59. The van der Waals surface area contributed by atoms with Crippen LogP contribution >= 0.6 is 23.4 Å². The Bertz CT molecular complexity index is 655. The number of aryl methyl sites for hydroxylation is 1. The van der Waals surface area contributed by atoms with Crippen LogP contribution in [0, 0.1) is 0 Å². The highest BCUT2D eigenvalue weighted by atomic mass is 35.5. The molecule has 0 bridgehead atoms. The second-order valence-electron chi connectivity index (χ2n) is 3.78. The van der Waals surface area contributed by atoms with Gasteiger partial charge in [0.15, 0.2) is 0 Å². The molecule has 6 heteroatoms. The zero-order valence-corrected chi connectivity index (χ0v) is 10.3. The quantitative estimate of drug-likeness (QED) is 0.829. The third-order valence-corrected chi connectivity index (χ3v) is 3.91. The molecule has 1 aliphatic heterocycles. The monoisotopic (exact) mass is 277 g/mol. The van der Waals surface area contributed by atoms with Crippen molar-refractivity contribution in [3.8, 4) is 0 Å².